The Bertz CT molecular complexity index is 616. The van der Waals surface area contributed by atoms with Crippen molar-refractivity contribution in [3.63, 3.8) is 0 Å². The predicted octanol–water partition coefficient (Wildman–Crippen LogP) is 3.68. The van der Waals surface area contributed by atoms with Gasteiger partial charge in [0.15, 0.2) is 0 Å². The summed E-state index contributed by atoms with van der Waals surface area (Å²) in [5, 5.41) is 0. The topological polar surface area (TPSA) is 6.48 Å². The molecule has 4 heteroatoms. The third-order valence-corrected chi connectivity index (χ3v) is 4.11. The molecule has 2 nitrogen and oxygen atoms in total. The Hall–Kier alpha value is -1.94. The number of anilines is 1. The van der Waals surface area contributed by atoms with Gasteiger partial charge in [-0.3, -0.25) is 4.90 Å². The Morgan fingerprint density at radius 3 is 2.50 bits per heavy atom. The van der Waals surface area contributed by atoms with E-state index in [1.807, 2.05) is 18.2 Å². The molecule has 2 aromatic carbocycles. The monoisotopic (exact) mass is 302 g/mol. The maximum absolute atomic E-state index is 13.8. The summed E-state index contributed by atoms with van der Waals surface area (Å²) in [4.78, 5) is 4.54. The third-order valence-electron chi connectivity index (χ3n) is 4.11. The van der Waals surface area contributed by atoms with Crippen LogP contribution in [0.4, 0.5) is 14.5 Å². The zero-order valence-corrected chi connectivity index (χ0v) is 12.5. The summed E-state index contributed by atoms with van der Waals surface area (Å²) in [6, 6.07) is 14.0. The molecule has 1 heterocycles. The Labute approximate surface area is 130 Å². The minimum Gasteiger partial charge on any atom is -0.370 e. The van der Waals surface area contributed by atoms with Gasteiger partial charge in [-0.2, -0.15) is 0 Å². The highest BCUT2D eigenvalue weighted by Crippen LogP contribution is 2.18. The number of rotatable bonds is 3. The molecule has 0 saturated carbocycles. The minimum atomic E-state index is -0.378. The first-order valence-corrected chi connectivity index (χ1v) is 7.68. The molecule has 1 saturated heterocycles. The van der Waals surface area contributed by atoms with E-state index in [1.165, 1.54) is 23.9 Å². The lowest BCUT2D eigenvalue weighted by molar-refractivity contribution is 0.280. The van der Waals surface area contributed by atoms with Gasteiger partial charge in [0.25, 0.3) is 0 Å². The van der Waals surface area contributed by atoms with E-state index in [-0.39, 0.29) is 11.6 Å². The van der Waals surface area contributed by atoms with Crippen molar-refractivity contribution in [1.29, 1.82) is 0 Å². The molecule has 0 atom stereocenters. The molecule has 1 aliphatic heterocycles. The predicted molar refractivity (Wildman–Crippen MR) is 84.9 cm³/mol. The van der Waals surface area contributed by atoms with Crippen molar-refractivity contribution < 1.29 is 8.78 Å². The summed E-state index contributed by atoms with van der Waals surface area (Å²) in [5.74, 6) is -0.706. The summed E-state index contributed by atoms with van der Waals surface area (Å²) in [6.45, 7) is 4.11. The van der Waals surface area contributed by atoms with Crippen LogP contribution >= 0.6 is 0 Å². The molecule has 0 amide bonds. The number of nitrogens with zero attached hydrogens (tertiary/aromatic N) is 2. The SMILES string of the molecule is Fc1ccc(F)c(CN2CCCN(c3ccccc3)CC2)c1. The molecule has 22 heavy (non-hydrogen) atoms. The van der Waals surface area contributed by atoms with Gasteiger partial charge in [-0.1, -0.05) is 18.2 Å². The average Bonchev–Trinajstić information content (AvgIpc) is 2.77. The van der Waals surface area contributed by atoms with Crippen LogP contribution in [0.5, 0.6) is 0 Å². The highest BCUT2D eigenvalue weighted by molar-refractivity contribution is 5.46. The lowest BCUT2D eigenvalue weighted by Crippen LogP contribution is -2.30. The normalized spacial score (nSPS) is 16.5. The Kier molecular flexibility index (Phi) is 4.68. The zero-order valence-electron chi connectivity index (χ0n) is 12.5. The van der Waals surface area contributed by atoms with Crippen molar-refractivity contribution in [2.24, 2.45) is 0 Å². The molecule has 0 radical (unpaired) electrons. The molecule has 116 valence electrons. The third kappa shape index (κ3) is 3.63. The van der Waals surface area contributed by atoms with Crippen molar-refractivity contribution in [2.75, 3.05) is 31.1 Å². The molecule has 1 aliphatic rings. The van der Waals surface area contributed by atoms with Crippen LogP contribution in [0.2, 0.25) is 0 Å². The van der Waals surface area contributed by atoms with E-state index in [0.29, 0.717) is 12.1 Å². The fourth-order valence-corrected chi connectivity index (χ4v) is 2.93. The quantitative estimate of drug-likeness (QED) is 0.853. The molecule has 0 spiro atoms. The van der Waals surface area contributed by atoms with Gasteiger partial charge in [-0.15, -0.1) is 0 Å². The standard InChI is InChI=1S/C18H20F2N2/c19-16-7-8-18(20)15(13-16)14-21-9-4-10-22(12-11-21)17-5-2-1-3-6-17/h1-3,5-8,13H,4,9-12,14H2. The molecule has 0 bridgehead atoms. The van der Waals surface area contributed by atoms with E-state index < -0.39 is 0 Å². The maximum atomic E-state index is 13.8. The van der Waals surface area contributed by atoms with Gasteiger partial charge < -0.3 is 4.90 Å². The van der Waals surface area contributed by atoms with Crippen LogP contribution in [-0.4, -0.2) is 31.1 Å². The van der Waals surface area contributed by atoms with Crippen molar-refractivity contribution >= 4 is 5.69 Å². The fourth-order valence-electron chi connectivity index (χ4n) is 2.93. The highest BCUT2D eigenvalue weighted by atomic mass is 19.1. The summed E-state index contributed by atoms with van der Waals surface area (Å²) in [6.07, 6.45) is 1.02. The molecule has 1 fully saturated rings. The number of hydrogen-bond donors (Lipinski definition) is 0. The van der Waals surface area contributed by atoms with Crippen LogP contribution in [0.25, 0.3) is 0 Å². The summed E-state index contributed by atoms with van der Waals surface area (Å²) in [5.41, 5.74) is 1.66. The van der Waals surface area contributed by atoms with Crippen molar-refractivity contribution in [3.05, 3.63) is 65.7 Å². The number of benzene rings is 2. The van der Waals surface area contributed by atoms with Crippen molar-refractivity contribution in [3.8, 4) is 0 Å². The van der Waals surface area contributed by atoms with Crippen LogP contribution < -0.4 is 4.90 Å². The Morgan fingerprint density at radius 1 is 0.864 bits per heavy atom. The smallest absolute Gasteiger partial charge is 0.127 e. The van der Waals surface area contributed by atoms with E-state index in [9.17, 15) is 8.78 Å². The van der Waals surface area contributed by atoms with E-state index in [0.717, 1.165) is 32.6 Å². The Balaban J connectivity index is 1.64. The van der Waals surface area contributed by atoms with Gasteiger partial charge in [0.1, 0.15) is 11.6 Å². The van der Waals surface area contributed by atoms with Gasteiger partial charge in [-0.05, 0) is 36.8 Å². The zero-order chi connectivity index (χ0) is 15.4. The second-order valence-electron chi connectivity index (χ2n) is 5.69. The van der Waals surface area contributed by atoms with E-state index in [1.54, 1.807) is 0 Å². The van der Waals surface area contributed by atoms with Crippen molar-refractivity contribution in [1.82, 2.24) is 4.90 Å². The lowest BCUT2D eigenvalue weighted by atomic mass is 10.2. The van der Waals surface area contributed by atoms with Crippen LogP contribution in [0.1, 0.15) is 12.0 Å². The summed E-state index contributed by atoms with van der Waals surface area (Å²) >= 11 is 0. The molecule has 0 aromatic heterocycles. The number of para-hydroxylation sites is 1. The first-order valence-electron chi connectivity index (χ1n) is 7.68. The fraction of sp³-hybridized carbons (Fsp3) is 0.333. The molecule has 0 unspecified atom stereocenters. The van der Waals surface area contributed by atoms with Crippen LogP contribution in [-0.2, 0) is 6.54 Å². The Morgan fingerprint density at radius 2 is 1.68 bits per heavy atom. The molecular weight excluding hydrogens is 282 g/mol. The highest BCUT2D eigenvalue weighted by Gasteiger charge is 2.16. The number of halogens is 2. The van der Waals surface area contributed by atoms with Gasteiger partial charge >= 0.3 is 0 Å². The molecule has 0 N–H and O–H groups in total. The number of hydrogen-bond acceptors (Lipinski definition) is 2. The first kappa shape index (κ1) is 15.0. The second-order valence-corrected chi connectivity index (χ2v) is 5.69. The molecule has 3 rings (SSSR count). The molecule has 0 aliphatic carbocycles. The van der Waals surface area contributed by atoms with Crippen LogP contribution in [0, 0.1) is 11.6 Å². The van der Waals surface area contributed by atoms with Crippen molar-refractivity contribution in [2.45, 2.75) is 13.0 Å². The largest absolute Gasteiger partial charge is 0.370 e. The van der Waals surface area contributed by atoms with Crippen LogP contribution in [0.3, 0.4) is 0 Å². The van der Waals surface area contributed by atoms with Gasteiger partial charge in [0, 0.05) is 44.0 Å². The van der Waals surface area contributed by atoms with E-state index in [2.05, 4.69) is 21.9 Å². The van der Waals surface area contributed by atoms with Gasteiger partial charge in [0.2, 0.25) is 0 Å². The lowest BCUT2D eigenvalue weighted by Gasteiger charge is -2.23. The second kappa shape index (κ2) is 6.88. The van der Waals surface area contributed by atoms with E-state index in [4.69, 9.17) is 0 Å². The summed E-state index contributed by atoms with van der Waals surface area (Å²) < 4.78 is 27.0. The van der Waals surface area contributed by atoms with Crippen LogP contribution in [0.15, 0.2) is 48.5 Å². The first-order chi connectivity index (χ1) is 10.7. The van der Waals surface area contributed by atoms with Gasteiger partial charge in [-0.25, -0.2) is 8.78 Å². The average molecular weight is 302 g/mol. The minimum absolute atomic E-state index is 0.328. The maximum Gasteiger partial charge on any atom is 0.127 e. The summed E-state index contributed by atoms with van der Waals surface area (Å²) in [7, 11) is 0. The molecule has 2 aromatic rings. The molecular formula is C18H20F2N2. The van der Waals surface area contributed by atoms with E-state index >= 15 is 0 Å². The van der Waals surface area contributed by atoms with Gasteiger partial charge in [0.05, 0.1) is 0 Å².